The van der Waals surface area contributed by atoms with Gasteiger partial charge in [0.25, 0.3) is 20.2 Å². The van der Waals surface area contributed by atoms with Gasteiger partial charge in [-0.2, -0.15) is 21.6 Å². The molecule has 0 rings (SSSR count). The molecule has 0 aromatic rings. The van der Waals surface area contributed by atoms with Crippen molar-refractivity contribution in [3.05, 3.63) is 5.53 Å². The molecule has 0 spiro atoms. The topological polar surface area (TPSA) is 145 Å². The van der Waals surface area contributed by atoms with E-state index in [9.17, 15) is 16.8 Å². The Hall–Kier alpha value is -0.800. The van der Waals surface area contributed by atoms with Gasteiger partial charge in [-0.05, 0) is 27.7 Å². The molecule has 0 unspecified atom stereocenters. The maximum Gasteiger partial charge on any atom is 0.267 e. The van der Waals surface area contributed by atoms with Gasteiger partial charge in [-0.3, -0.25) is 9.11 Å². The molecule has 0 saturated heterocycles. The quantitative estimate of drug-likeness (QED) is 0.327. The predicted molar refractivity (Wildman–Crippen MR) is 64.1 cm³/mol. The summed E-state index contributed by atoms with van der Waals surface area (Å²) in [4.78, 5) is 2.25. The maximum absolute atomic E-state index is 9.89. The van der Waals surface area contributed by atoms with Crippen LogP contribution in [0.4, 0.5) is 0 Å². The molecule has 0 fully saturated rings. The molecular formula is C7H18N2O6S2. The first-order valence-corrected chi connectivity index (χ1v) is 7.34. The molecule has 0 amide bonds. The molecule has 0 aliphatic rings. The third-order valence-corrected chi connectivity index (χ3v) is 3.57. The summed E-state index contributed by atoms with van der Waals surface area (Å²) in [7, 11) is -7.48. The molecule has 0 aliphatic heterocycles. The fraction of sp³-hybridized carbons (Fsp3) is 0.857. The fourth-order valence-corrected chi connectivity index (χ4v) is 0. The lowest BCUT2D eigenvalue weighted by atomic mass is 10.6. The van der Waals surface area contributed by atoms with Gasteiger partial charge in [0.15, 0.2) is 0 Å². The zero-order valence-electron chi connectivity index (χ0n) is 10.1. The van der Waals surface area contributed by atoms with Gasteiger partial charge in [0.1, 0.15) is 0 Å². The van der Waals surface area contributed by atoms with Crippen LogP contribution in [0.1, 0.15) is 27.7 Å². The summed E-state index contributed by atoms with van der Waals surface area (Å²) >= 11 is 0. The minimum absolute atomic E-state index is 0.674. The predicted octanol–water partition coefficient (Wildman–Crippen LogP) is 0.482. The van der Waals surface area contributed by atoms with E-state index >= 15 is 0 Å². The Morgan fingerprint density at radius 1 is 0.941 bits per heavy atom. The second kappa shape index (κ2) is 9.25. The standard InChI is InChI=1S/2C3H8O3S.CH2N2/c2*1-3(2)7(4,5)6;1-3-2/h2*3H,1-2H3,(H,4,5,6);1H2. The minimum Gasteiger partial charge on any atom is -0.362 e. The lowest BCUT2D eigenvalue weighted by Crippen LogP contribution is -2.10. The molecular weight excluding hydrogens is 272 g/mol. The van der Waals surface area contributed by atoms with Gasteiger partial charge in [-0.15, -0.1) is 0 Å². The fourth-order valence-electron chi connectivity index (χ4n) is 0. The number of hydrogen-bond acceptors (Lipinski definition) is 4. The van der Waals surface area contributed by atoms with E-state index in [4.69, 9.17) is 14.6 Å². The van der Waals surface area contributed by atoms with E-state index in [1.165, 1.54) is 27.7 Å². The minimum atomic E-state index is -3.74. The van der Waals surface area contributed by atoms with Gasteiger partial charge >= 0.3 is 0 Å². The molecule has 0 saturated carbocycles. The summed E-state index contributed by atoms with van der Waals surface area (Å²) in [5.74, 6) is 0. The van der Waals surface area contributed by atoms with Gasteiger partial charge in [0.2, 0.25) is 6.72 Å². The Morgan fingerprint density at radius 3 is 1.00 bits per heavy atom. The highest BCUT2D eigenvalue weighted by molar-refractivity contribution is 7.86. The Bertz CT molecular complexity index is 381. The summed E-state index contributed by atoms with van der Waals surface area (Å²) in [5.41, 5.74) is 7.08. The van der Waals surface area contributed by atoms with Crippen molar-refractivity contribution in [2.45, 2.75) is 38.2 Å². The Balaban J connectivity index is -0.000000188. The first-order chi connectivity index (χ1) is 7.30. The van der Waals surface area contributed by atoms with Gasteiger partial charge in [-0.25, -0.2) is 0 Å². The van der Waals surface area contributed by atoms with Crippen LogP contribution in [0.3, 0.4) is 0 Å². The van der Waals surface area contributed by atoms with Crippen molar-refractivity contribution in [2.24, 2.45) is 0 Å². The molecule has 2 N–H and O–H groups in total. The first kappa shape index (κ1) is 21.5. The number of hydrogen-bond donors (Lipinski definition) is 2. The summed E-state index contributed by atoms with van der Waals surface area (Å²) < 4.78 is 55.7. The summed E-state index contributed by atoms with van der Waals surface area (Å²) in [6.45, 7) is 8.31. The van der Waals surface area contributed by atoms with Crippen molar-refractivity contribution >= 4 is 27.0 Å². The van der Waals surface area contributed by atoms with Gasteiger partial charge < -0.3 is 5.53 Å². The molecule has 104 valence electrons. The lowest BCUT2D eigenvalue weighted by Gasteiger charge is -1.94. The molecule has 10 heteroatoms. The van der Waals surface area contributed by atoms with Crippen LogP contribution >= 0.6 is 0 Å². The smallest absolute Gasteiger partial charge is 0.267 e. The van der Waals surface area contributed by atoms with Crippen LogP contribution in [0.2, 0.25) is 0 Å². The van der Waals surface area contributed by atoms with Crippen LogP contribution < -0.4 is 0 Å². The zero-order valence-corrected chi connectivity index (χ0v) is 11.7. The van der Waals surface area contributed by atoms with Crippen LogP contribution in [-0.2, 0) is 20.2 Å². The Labute approximate surface area is 102 Å². The normalized spacial score (nSPS) is 10.8. The average molecular weight is 290 g/mol. The molecule has 0 aromatic heterocycles. The van der Waals surface area contributed by atoms with E-state index in [0.29, 0.717) is 0 Å². The van der Waals surface area contributed by atoms with Crippen molar-refractivity contribution in [2.75, 3.05) is 0 Å². The molecule has 0 atom stereocenters. The van der Waals surface area contributed by atoms with Crippen LogP contribution in [0.15, 0.2) is 0 Å². The van der Waals surface area contributed by atoms with Crippen molar-refractivity contribution in [1.82, 2.24) is 0 Å². The highest BCUT2D eigenvalue weighted by atomic mass is 32.2. The van der Waals surface area contributed by atoms with E-state index in [0.717, 1.165) is 0 Å². The molecule has 8 nitrogen and oxygen atoms in total. The monoisotopic (exact) mass is 290 g/mol. The van der Waals surface area contributed by atoms with Crippen molar-refractivity contribution < 1.29 is 30.7 Å². The van der Waals surface area contributed by atoms with E-state index in [2.05, 4.69) is 11.5 Å². The van der Waals surface area contributed by atoms with Crippen LogP contribution in [-0.4, -0.2) is 47.9 Å². The second-order valence-electron chi connectivity index (χ2n) is 3.27. The van der Waals surface area contributed by atoms with Gasteiger partial charge in [0, 0.05) is 0 Å². The number of rotatable bonds is 2. The Morgan fingerprint density at radius 2 is 1.00 bits per heavy atom. The highest BCUT2D eigenvalue weighted by Crippen LogP contribution is 1.92. The summed E-state index contributed by atoms with van der Waals surface area (Å²) in [5, 5.41) is -1.35. The third-order valence-electron chi connectivity index (χ3n) is 1.19. The van der Waals surface area contributed by atoms with Crippen LogP contribution in [0.5, 0.6) is 0 Å². The average Bonchev–Trinajstić information content (AvgIpc) is 2.02. The van der Waals surface area contributed by atoms with Crippen molar-refractivity contribution in [3.8, 4) is 0 Å². The SMILES string of the molecule is C=[N+]=[N-].CC(C)S(=O)(=O)O.CC(C)S(=O)(=O)O. The van der Waals surface area contributed by atoms with E-state index in [1.807, 2.05) is 0 Å². The second-order valence-corrected chi connectivity index (χ2v) is 7.21. The zero-order chi connectivity index (χ0) is 14.9. The third kappa shape index (κ3) is 21.1. The molecule has 0 bridgehead atoms. The van der Waals surface area contributed by atoms with Crippen molar-refractivity contribution in [3.63, 3.8) is 0 Å². The molecule has 0 aliphatic carbocycles. The maximum atomic E-state index is 9.89. The highest BCUT2D eigenvalue weighted by Gasteiger charge is 2.09. The Kier molecular flexibility index (Phi) is 11.7. The van der Waals surface area contributed by atoms with E-state index in [1.54, 1.807) is 0 Å². The van der Waals surface area contributed by atoms with Gasteiger partial charge in [-0.1, -0.05) is 0 Å². The molecule has 0 heterocycles. The largest absolute Gasteiger partial charge is 0.362 e. The summed E-state index contributed by atoms with van der Waals surface area (Å²) in [6.07, 6.45) is 0. The lowest BCUT2D eigenvalue weighted by molar-refractivity contribution is 0.0110. The molecule has 0 aromatic carbocycles. The van der Waals surface area contributed by atoms with Crippen LogP contribution in [0.25, 0.3) is 5.53 Å². The molecule has 0 radical (unpaired) electrons. The van der Waals surface area contributed by atoms with E-state index in [-0.39, 0.29) is 0 Å². The summed E-state index contributed by atoms with van der Waals surface area (Å²) in [6, 6.07) is 0. The van der Waals surface area contributed by atoms with Crippen LogP contribution in [0, 0.1) is 0 Å². The van der Waals surface area contributed by atoms with Gasteiger partial charge in [0.05, 0.1) is 10.5 Å². The number of nitrogens with zero attached hydrogens (tertiary/aromatic N) is 2. The molecule has 17 heavy (non-hydrogen) atoms. The first-order valence-electron chi connectivity index (χ1n) is 4.33. The van der Waals surface area contributed by atoms with E-state index < -0.39 is 30.7 Å². The van der Waals surface area contributed by atoms with Crippen molar-refractivity contribution in [1.29, 1.82) is 0 Å².